The number of benzene rings is 3. The van der Waals surface area contributed by atoms with Crippen LogP contribution in [0.15, 0.2) is 72.8 Å². The van der Waals surface area contributed by atoms with Crippen LogP contribution in [0, 0.1) is 0 Å². The van der Waals surface area contributed by atoms with E-state index in [4.69, 9.17) is 0 Å². The number of carbonyl (C=O) groups excluding carboxylic acids is 2. The van der Waals surface area contributed by atoms with E-state index in [1.165, 1.54) is 12.1 Å². The predicted octanol–water partition coefficient (Wildman–Crippen LogP) is 6.05. The van der Waals surface area contributed by atoms with E-state index >= 15 is 0 Å². The number of rotatable bonds is 6. The van der Waals surface area contributed by atoms with Gasteiger partial charge in [0.15, 0.2) is 0 Å². The molecule has 0 aromatic heterocycles. The Balaban J connectivity index is 1.34. The molecule has 1 saturated heterocycles. The Labute approximate surface area is 220 Å². The Morgan fingerprint density at radius 1 is 0.769 bits per heavy atom. The molecule has 0 spiro atoms. The summed E-state index contributed by atoms with van der Waals surface area (Å²) in [4.78, 5) is 27.4. The Bertz CT molecular complexity index is 1310. The maximum atomic E-state index is 13.0. The molecule has 11 heteroatoms. The summed E-state index contributed by atoms with van der Waals surface area (Å²) in [5.74, 6) is -0.891. The molecule has 5 nitrogen and oxygen atoms in total. The summed E-state index contributed by atoms with van der Waals surface area (Å²) in [5.41, 5.74) is -0.135. The fourth-order valence-electron chi connectivity index (χ4n) is 4.42. The minimum absolute atomic E-state index is 0.0743. The number of halogens is 6. The molecule has 3 aromatic carbocycles. The Kier molecular flexibility index (Phi) is 8.17. The molecule has 1 heterocycles. The SMILES string of the molecule is O=C(NC1CCN(c2ccccc2C(=O)NCc2cccc(C(F)(F)F)c2)CC1)c1ccc(C(F)(F)F)cc1. The highest BCUT2D eigenvalue weighted by Crippen LogP contribution is 2.30. The number of alkyl halides is 6. The van der Waals surface area contributed by atoms with Gasteiger partial charge < -0.3 is 15.5 Å². The maximum Gasteiger partial charge on any atom is 0.416 e. The van der Waals surface area contributed by atoms with Gasteiger partial charge in [-0.1, -0.05) is 24.3 Å². The lowest BCUT2D eigenvalue weighted by Gasteiger charge is -2.35. The van der Waals surface area contributed by atoms with Gasteiger partial charge in [-0.2, -0.15) is 26.3 Å². The first kappa shape index (κ1) is 28.0. The van der Waals surface area contributed by atoms with Crippen molar-refractivity contribution in [3.63, 3.8) is 0 Å². The lowest BCUT2D eigenvalue weighted by molar-refractivity contribution is -0.138. The molecule has 0 aliphatic carbocycles. The molecule has 2 N–H and O–H groups in total. The lowest BCUT2D eigenvalue weighted by Crippen LogP contribution is -2.45. The molecule has 3 aromatic rings. The van der Waals surface area contributed by atoms with Gasteiger partial charge in [0.25, 0.3) is 11.8 Å². The summed E-state index contributed by atoms with van der Waals surface area (Å²) in [7, 11) is 0. The first-order valence-corrected chi connectivity index (χ1v) is 12.2. The number of piperidine rings is 1. The first-order chi connectivity index (χ1) is 18.4. The van der Waals surface area contributed by atoms with Gasteiger partial charge in [0, 0.05) is 36.9 Å². The molecule has 206 valence electrons. The zero-order valence-corrected chi connectivity index (χ0v) is 20.6. The van der Waals surface area contributed by atoms with Gasteiger partial charge in [0.05, 0.1) is 16.7 Å². The van der Waals surface area contributed by atoms with Crippen LogP contribution in [-0.2, 0) is 18.9 Å². The second-order valence-corrected chi connectivity index (χ2v) is 9.21. The van der Waals surface area contributed by atoms with Crippen molar-refractivity contribution in [3.8, 4) is 0 Å². The van der Waals surface area contributed by atoms with Gasteiger partial charge in [-0.25, -0.2) is 0 Å². The van der Waals surface area contributed by atoms with Crippen LogP contribution in [0.2, 0.25) is 0 Å². The number of nitrogens with zero attached hydrogens (tertiary/aromatic N) is 1. The number of hydrogen-bond donors (Lipinski definition) is 2. The van der Waals surface area contributed by atoms with Crippen LogP contribution in [0.5, 0.6) is 0 Å². The molecule has 0 saturated carbocycles. The van der Waals surface area contributed by atoms with Gasteiger partial charge in [-0.15, -0.1) is 0 Å². The quantitative estimate of drug-likeness (QED) is 0.368. The van der Waals surface area contributed by atoms with Crippen molar-refractivity contribution in [2.75, 3.05) is 18.0 Å². The van der Waals surface area contributed by atoms with Gasteiger partial charge in [-0.3, -0.25) is 9.59 Å². The molecule has 1 aliphatic rings. The number of amides is 2. The van der Waals surface area contributed by atoms with E-state index in [1.54, 1.807) is 24.3 Å². The zero-order valence-electron chi connectivity index (χ0n) is 20.6. The Hall–Kier alpha value is -4.02. The van der Waals surface area contributed by atoms with Gasteiger partial charge in [0.2, 0.25) is 0 Å². The van der Waals surface area contributed by atoms with Crippen LogP contribution < -0.4 is 15.5 Å². The number of para-hydroxylation sites is 1. The van der Waals surface area contributed by atoms with Gasteiger partial charge >= 0.3 is 12.4 Å². The number of carbonyl (C=O) groups is 2. The summed E-state index contributed by atoms with van der Waals surface area (Å²) in [5, 5.41) is 5.53. The van der Waals surface area contributed by atoms with Crippen LogP contribution in [0.1, 0.15) is 50.2 Å². The normalized spacial score (nSPS) is 14.7. The fraction of sp³-hybridized carbons (Fsp3) is 0.286. The Morgan fingerprint density at radius 3 is 2.05 bits per heavy atom. The largest absolute Gasteiger partial charge is 0.416 e. The molecule has 39 heavy (non-hydrogen) atoms. The third-order valence-corrected chi connectivity index (χ3v) is 6.50. The summed E-state index contributed by atoms with van der Waals surface area (Å²) >= 11 is 0. The average Bonchev–Trinajstić information content (AvgIpc) is 2.91. The monoisotopic (exact) mass is 549 g/mol. The van der Waals surface area contributed by atoms with Crippen LogP contribution in [0.25, 0.3) is 0 Å². The van der Waals surface area contributed by atoms with Crippen LogP contribution in [0.3, 0.4) is 0 Å². The smallest absolute Gasteiger partial charge is 0.371 e. The summed E-state index contributed by atoms with van der Waals surface area (Å²) in [6.45, 7) is 0.945. The third kappa shape index (κ3) is 7.10. The zero-order chi connectivity index (χ0) is 28.2. The van der Waals surface area contributed by atoms with Crippen LogP contribution in [-0.4, -0.2) is 30.9 Å². The Morgan fingerprint density at radius 2 is 1.41 bits per heavy atom. The molecular formula is C28H25F6N3O2. The molecule has 0 radical (unpaired) electrons. The van der Waals surface area contributed by atoms with E-state index in [-0.39, 0.29) is 18.2 Å². The molecule has 1 aliphatic heterocycles. The first-order valence-electron chi connectivity index (χ1n) is 12.2. The average molecular weight is 550 g/mol. The van der Waals surface area contributed by atoms with Crippen LogP contribution >= 0.6 is 0 Å². The van der Waals surface area contributed by atoms with Crippen LogP contribution in [0.4, 0.5) is 32.0 Å². The molecule has 0 bridgehead atoms. The van der Waals surface area contributed by atoms with Crippen molar-refractivity contribution < 1.29 is 35.9 Å². The third-order valence-electron chi connectivity index (χ3n) is 6.50. The van der Waals surface area contributed by atoms with Crippen molar-refractivity contribution >= 4 is 17.5 Å². The minimum Gasteiger partial charge on any atom is -0.371 e. The standard InChI is InChI=1S/C28H25F6N3O2/c29-27(30,31)20-10-8-19(9-11-20)25(38)36-22-12-14-37(15-13-22)24-7-2-1-6-23(24)26(39)35-17-18-4-3-5-21(16-18)28(32,33)34/h1-11,16,22H,12-15,17H2,(H,35,39)(H,36,38). The summed E-state index contributed by atoms with van der Waals surface area (Å²) < 4.78 is 77.2. The van der Waals surface area contributed by atoms with Crippen molar-refractivity contribution in [1.29, 1.82) is 0 Å². The molecule has 0 atom stereocenters. The highest BCUT2D eigenvalue weighted by Gasteiger charge is 2.31. The fourth-order valence-corrected chi connectivity index (χ4v) is 4.42. The highest BCUT2D eigenvalue weighted by atomic mass is 19.4. The predicted molar refractivity (Wildman–Crippen MR) is 133 cm³/mol. The van der Waals surface area contributed by atoms with Crippen molar-refractivity contribution in [2.45, 2.75) is 37.8 Å². The van der Waals surface area contributed by atoms with E-state index in [9.17, 15) is 35.9 Å². The van der Waals surface area contributed by atoms with E-state index < -0.39 is 35.3 Å². The molecule has 0 unspecified atom stereocenters. The lowest BCUT2D eigenvalue weighted by atomic mass is 10.0. The topological polar surface area (TPSA) is 61.4 Å². The minimum atomic E-state index is -4.48. The van der Waals surface area contributed by atoms with Gasteiger partial charge in [0.1, 0.15) is 0 Å². The summed E-state index contributed by atoms with van der Waals surface area (Å²) in [6, 6.07) is 15.5. The van der Waals surface area contributed by atoms with Crippen molar-refractivity contribution in [2.24, 2.45) is 0 Å². The van der Waals surface area contributed by atoms with Crippen molar-refractivity contribution in [1.82, 2.24) is 10.6 Å². The number of anilines is 1. The van der Waals surface area contributed by atoms with Gasteiger partial charge in [-0.05, 0) is 66.9 Å². The number of nitrogens with one attached hydrogen (secondary N) is 2. The van der Waals surface area contributed by atoms with E-state index in [1.807, 2.05) is 4.90 Å². The van der Waals surface area contributed by atoms with E-state index in [2.05, 4.69) is 10.6 Å². The second-order valence-electron chi connectivity index (χ2n) is 9.21. The van der Waals surface area contributed by atoms with Crippen molar-refractivity contribution in [3.05, 3.63) is 101 Å². The maximum absolute atomic E-state index is 13.0. The van der Waals surface area contributed by atoms with E-state index in [0.29, 0.717) is 42.7 Å². The molecular weight excluding hydrogens is 524 g/mol. The molecule has 2 amide bonds. The van der Waals surface area contributed by atoms with E-state index in [0.717, 1.165) is 36.4 Å². The molecule has 4 rings (SSSR count). The highest BCUT2D eigenvalue weighted by molar-refractivity contribution is 5.99. The number of hydrogen-bond acceptors (Lipinski definition) is 3. The second kappa shape index (κ2) is 11.4. The summed E-state index contributed by atoms with van der Waals surface area (Å²) in [6.07, 6.45) is -7.86. The molecule has 1 fully saturated rings.